The minimum atomic E-state index is 0.0990. The largest absolute Gasteiger partial charge is 0.368 e. The van der Waals surface area contributed by atoms with Gasteiger partial charge in [0.1, 0.15) is 11.0 Å². The minimum Gasteiger partial charge on any atom is -0.368 e. The van der Waals surface area contributed by atoms with Crippen LogP contribution in [0.2, 0.25) is 10.2 Å². The van der Waals surface area contributed by atoms with Crippen molar-refractivity contribution >= 4 is 52.4 Å². The molecule has 1 aromatic heterocycles. The molecule has 1 fully saturated rings. The lowest BCUT2D eigenvalue weighted by Gasteiger charge is -2.36. The Bertz CT molecular complexity index is 1160. The lowest BCUT2D eigenvalue weighted by molar-refractivity contribution is 0.0755. The number of rotatable bonds is 10. The summed E-state index contributed by atoms with van der Waals surface area (Å²) in [6.45, 7) is 9.26. The van der Waals surface area contributed by atoms with Crippen LogP contribution in [-0.2, 0) is 5.75 Å². The van der Waals surface area contributed by atoms with Gasteiger partial charge in [-0.3, -0.25) is 4.79 Å². The molecule has 9 heteroatoms. The summed E-state index contributed by atoms with van der Waals surface area (Å²) in [5, 5.41) is 1.85. The van der Waals surface area contributed by atoms with E-state index in [0.717, 1.165) is 74.1 Å². The van der Waals surface area contributed by atoms with Crippen LogP contribution >= 0.6 is 35.0 Å². The average molecular weight is 559 g/mol. The van der Waals surface area contributed by atoms with Gasteiger partial charge in [0.25, 0.3) is 5.91 Å². The van der Waals surface area contributed by atoms with Gasteiger partial charge >= 0.3 is 0 Å². The van der Waals surface area contributed by atoms with Gasteiger partial charge in [-0.25, -0.2) is 9.97 Å². The van der Waals surface area contributed by atoms with Gasteiger partial charge in [-0.15, -0.1) is 0 Å². The predicted octanol–water partition coefficient (Wildman–Crippen LogP) is 6.66. The number of amides is 1. The van der Waals surface area contributed by atoms with Gasteiger partial charge in [-0.1, -0.05) is 60.9 Å². The van der Waals surface area contributed by atoms with Crippen molar-refractivity contribution in [2.75, 3.05) is 49.1 Å². The molecular formula is C28H33Cl2N5OS. The highest BCUT2D eigenvalue weighted by molar-refractivity contribution is 7.98. The fourth-order valence-corrected chi connectivity index (χ4v) is 5.55. The van der Waals surface area contributed by atoms with Crippen LogP contribution < -0.4 is 9.80 Å². The molecule has 0 unspecified atom stereocenters. The Hall–Kier alpha value is -2.48. The standard InChI is InChI=1S/C28H33Cl2N5OS/c1-3-13-35(14-4-2)27(36)22-7-5-21(6-8-22)20-37-28-31-25(30)19-26(32-28)34-17-15-33(16-18-34)24-11-9-23(29)10-12-24/h5-12,19H,3-4,13-18,20H2,1-2H3. The topological polar surface area (TPSA) is 52.6 Å². The number of benzene rings is 2. The molecule has 0 spiro atoms. The Morgan fingerprint density at radius 2 is 1.51 bits per heavy atom. The summed E-state index contributed by atoms with van der Waals surface area (Å²) in [7, 11) is 0. The molecule has 1 aliphatic rings. The van der Waals surface area contributed by atoms with Gasteiger partial charge in [0.05, 0.1) is 0 Å². The van der Waals surface area contributed by atoms with E-state index in [0.29, 0.717) is 16.1 Å². The first-order valence-electron chi connectivity index (χ1n) is 12.8. The van der Waals surface area contributed by atoms with Crippen LogP contribution in [0.5, 0.6) is 0 Å². The number of hydrogen-bond acceptors (Lipinski definition) is 6. The second-order valence-corrected chi connectivity index (χ2v) is 10.8. The number of thioether (sulfide) groups is 1. The summed E-state index contributed by atoms with van der Waals surface area (Å²) in [6, 6.07) is 17.7. The van der Waals surface area contributed by atoms with Crippen LogP contribution in [0, 0.1) is 0 Å². The maximum atomic E-state index is 12.8. The third kappa shape index (κ3) is 7.53. The van der Waals surface area contributed by atoms with Crippen molar-refractivity contribution < 1.29 is 4.79 Å². The van der Waals surface area contributed by atoms with Crippen molar-refractivity contribution in [1.82, 2.24) is 14.9 Å². The molecule has 0 radical (unpaired) electrons. The fraction of sp³-hybridized carbons (Fsp3) is 0.393. The summed E-state index contributed by atoms with van der Waals surface area (Å²) < 4.78 is 0. The van der Waals surface area contributed by atoms with Crippen molar-refractivity contribution in [3.63, 3.8) is 0 Å². The molecule has 2 aromatic carbocycles. The first-order valence-corrected chi connectivity index (χ1v) is 14.5. The number of piperazine rings is 1. The molecule has 2 heterocycles. The predicted molar refractivity (Wildman–Crippen MR) is 155 cm³/mol. The molecule has 0 aliphatic carbocycles. The smallest absolute Gasteiger partial charge is 0.253 e. The maximum Gasteiger partial charge on any atom is 0.253 e. The van der Waals surface area contributed by atoms with Crippen molar-refractivity contribution in [2.24, 2.45) is 0 Å². The van der Waals surface area contributed by atoms with Gasteiger partial charge in [0, 0.05) is 67.4 Å². The van der Waals surface area contributed by atoms with E-state index in [1.165, 1.54) is 5.69 Å². The van der Waals surface area contributed by atoms with E-state index in [1.807, 2.05) is 47.4 Å². The summed E-state index contributed by atoms with van der Waals surface area (Å²) in [6.07, 6.45) is 1.92. The number of carbonyl (C=O) groups excluding carboxylic acids is 1. The molecule has 0 bridgehead atoms. The number of hydrogen-bond donors (Lipinski definition) is 0. The highest BCUT2D eigenvalue weighted by Gasteiger charge is 2.20. The van der Waals surface area contributed by atoms with Crippen molar-refractivity contribution in [1.29, 1.82) is 0 Å². The number of anilines is 2. The summed E-state index contributed by atoms with van der Waals surface area (Å²) in [4.78, 5) is 28.6. The Labute approximate surface area is 234 Å². The molecule has 37 heavy (non-hydrogen) atoms. The number of carbonyl (C=O) groups is 1. The van der Waals surface area contributed by atoms with E-state index in [9.17, 15) is 4.79 Å². The van der Waals surface area contributed by atoms with Gasteiger partial charge in [0.15, 0.2) is 5.16 Å². The molecule has 0 atom stereocenters. The van der Waals surface area contributed by atoms with Crippen LogP contribution in [0.15, 0.2) is 59.8 Å². The molecule has 4 rings (SSSR count). The monoisotopic (exact) mass is 557 g/mol. The zero-order valence-corrected chi connectivity index (χ0v) is 23.7. The van der Waals surface area contributed by atoms with E-state index in [2.05, 4.69) is 40.8 Å². The number of aromatic nitrogens is 2. The van der Waals surface area contributed by atoms with Gasteiger partial charge in [0.2, 0.25) is 0 Å². The van der Waals surface area contributed by atoms with E-state index in [4.69, 9.17) is 28.2 Å². The van der Waals surface area contributed by atoms with Crippen LogP contribution in [-0.4, -0.2) is 60.0 Å². The minimum absolute atomic E-state index is 0.0990. The van der Waals surface area contributed by atoms with Crippen LogP contribution in [0.3, 0.4) is 0 Å². The Morgan fingerprint density at radius 1 is 0.892 bits per heavy atom. The molecule has 0 saturated carbocycles. The zero-order valence-electron chi connectivity index (χ0n) is 21.4. The van der Waals surface area contributed by atoms with Gasteiger partial charge < -0.3 is 14.7 Å². The molecule has 196 valence electrons. The third-order valence-electron chi connectivity index (χ3n) is 6.30. The average Bonchev–Trinajstić information content (AvgIpc) is 2.92. The number of nitrogens with zero attached hydrogens (tertiary/aromatic N) is 5. The van der Waals surface area contributed by atoms with Crippen LogP contribution in [0.25, 0.3) is 0 Å². The van der Waals surface area contributed by atoms with Crippen LogP contribution in [0.4, 0.5) is 11.5 Å². The highest BCUT2D eigenvalue weighted by atomic mass is 35.5. The maximum absolute atomic E-state index is 12.8. The summed E-state index contributed by atoms with van der Waals surface area (Å²) in [5.41, 5.74) is 3.02. The number of halogens is 2. The van der Waals surface area contributed by atoms with Gasteiger partial charge in [-0.05, 0) is 54.8 Å². The summed E-state index contributed by atoms with van der Waals surface area (Å²) in [5.74, 6) is 1.65. The van der Waals surface area contributed by atoms with Gasteiger partial charge in [-0.2, -0.15) is 0 Å². The second-order valence-electron chi connectivity index (χ2n) is 9.06. The van der Waals surface area contributed by atoms with Crippen molar-refractivity contribution in [3.8, 4) is 0 Å². The highest BCUT2D eigenvalue weighted by Crippen LogP contribution is 2.27. The fourth-order valence-electron chi connectivity index (χ4n) is 4.39. The first-order chi connectivity index (χ1) is 18.0. The normalized spacial score (nSPS) is 13.6. The quantitative estimate of drug-likeness (QED) is 0.158. The van der Waals surface area contributed by atoms with Crippen molar-refractivity contribution in [3.05, 3.63) is 75.9 Å². The Kier molecular flexibility index (Phi) is 9.95. The van der Waals surface area contributed by atoms with E-state index in [1.54, 1.807) is 11.8 Å². The SMILES string of the molecule is CCCN(CCC)C(=O)c1ccc(CSc2nc(Cl)cc(N3CCN(c4ccc(Cl)cc4)CC3)n2)cc1. The third-order valence-corrected chi connectivity index (χ3v) is 7.66. The Morgan fingerprint density at radius 3 is 2.14 bits per heavy atom. The van der Waals surface area contributed by atoms with Crippen molar-refractivity contribution in [2.45, 2.75) is 37.6 Å². The second kappa shape index (κ2) is 13.4. The van der Waals surface area contributed by atoms with E-state index in [-0.39, 0.29) is 5.91 Å². The molecular weight excluding hydrogens is 525 g/mol. The van der Waals surface area contributed by atoms with E-state index >= 15 is 0 Å². The zero-order chi connectivity index (χ0) is 26.2. The summed E-state index contributed by atoms with van der Waals surface area (Å²) >= 11 is 13.9. The molecule has 3 aromatic rings. The molecule has 1 aliphatic heterocycles. The lowest BCUT2D eigenvalue weighted by Crippen LogP contribution is -2.46. The Balaban J connectivity index is 1.34. The van der Waals surface area contributed by atoms with Crippen LogP contribution in [0.1, 0.15) is 42.6 Å². The molecule has 6 nitrogen and oxygen atoms in total. The lowest BCUT2D eigenvalue weighted by atomic mass is 10.1. The first kappa shape index (κ1) is 27.6. The molecule has 0 N–H and O–H groups in total. The molecule has 1 amide bonds. The van der Waals surface area contributed by atoms with E-state index < -0.39 is 0 Å². The molecule has 1 saturated heterocycles.